The standard InChI is InChI=1S/C20H14N4.C6F5.Pt/c1-2-14-10-16-5-6-18(23-16)12-20-8-7-19(24-20)11-17-4-3-15(22-17)9-13(1)21-14;7-2-1-3(8)5(10)6(11)4(2)9;/h1-12,21-22H;;/q;-1;. The van der Waals surface area contributed by atoms with Gasteiger partial charge < -0.3 is 9.97 Å². The molecule has 5 heterocycles. The molecule has 0 unspecified atom stereocenters. The molecule has 2 aliphatic rings. The fourth-order valence-electron chi connectivity index (χ4n) is 3.44. The van der Waals surface area contributed by atoms with E-state index in [4.69, 9.17) is 0 Å². The van der Waals surface area contributed by atoms with Gasteiger partial charge in [-0.3, -0.25) is 8.78 Å². The van der Waals surface area contributed by atoms with Crippen LogP contribution in [0, 0.1) is 35.2 Å². The van der Waals surface area contributed by atoms with Gasteiger partial charge in [0.1, 0.15) is 0 Å². The quantitative estimate of drug-likeness (QED) is 0.0805. The average Bonchev–Trinajstić information content (AvgIpc) is 3.63. The van der Waals surface area contributed by atoms with Crippen LogP contribution >= 0.6 is 0 Å². The van der Waals surface area contributed by atoms with Crippen molar-refractivity contribution in [2.75, 3.05) is 0 Å². The summed E-state index contributed by atoms with van der Waals surface area (Å²) in [5.41, 5.74) is 7.86. The molecule has 0 aliphatic carbocycles. The Bertz CT molecular complexity index is 1560. The van der Waals surface area contributed by atoms with Gasteiger partial charge in [0.15, 0.2) is 0 Å². The predicted octanol–water partition coefficient (Wildman–Crippen LogP) is 6.84. The molecule has 0 saturated carbocycles. The molecule has 184 valence electrons. The Balaban J connectivity index is 0.000000216. The Morgan fingerprint density at radius 2 is 0.861 bits per heavy atom. The Morgan fingerprint density at radius 1 is 0.500 bits per heavy atom. The van der Waals surface area contributed by atoms with Crippen molar-refractivity contribution >= 4 is 46.4 Å². The maximum absolute atomic E-state index is 12.0. The number of fused-ring (bicyclic) bond motifs is 8. The molecule has 4 nitrogen and oxygen atoms in total. The molecule has 8 bridgehead atoms. The molecule has 10 heteroatoms. The first-order valence-electron chi connectivity index (χ1n) is 10.3. The van der Waals surface area contributed by atoms with Crippen LogP contribution in [-0.2, 0) is 21.1 Å². The van der Waals surface area contributed by atoms with E-state index >= 15 is 0 Å². The summed E-state index contributed by atoms with van der Waals surface area (Å²) < 4.78 is 59.9. The summed E-state index contributed by atoms with van der Waals surface area (Å²) in [6.07, 6.45) is 8.05. The first-order valence-corrected chi connectivity index (χ1v) is 10.3. The van der Waals surface area contributed by atoms with Gasteiger partial charge in [-0.25, -0.2) is 23.1 Å². The smallest absolute Gasteiger partial charge is 0.0893 e. The maximum atomic E-state index is 12.0. The van der Waals surface area contributed by atoms with Gasteiger partial charge in [-0.2, -0.15) is 0 Å². The summed E-state index contributed by atoms with van der Waals surface area (Å²) in [5, 5.41) is 0. The van der Waals surface area contributed by atoms with Crippen molar-refractivity contribution in [1.82, 2.24) is 19.9 Å². The number of hydrogen-bond donors (Lipinski definition) is 2. The molecule has 36 heavy (non-hydrogen) atoms. The molecular weight excluding hydrogens is 658 g/mol. The summed E-state index contributed by atoms with van der Waals surface area (Å²) >= 11 is 0. The molecule has 0 spiro atoms. The summed E-state index contributed by atoms with van der Waals surface area (Å²) in [6, 6.07) is 17.4. The van der Waals surface area contributed by atoms with Crippen LogP contribution in [0.15, 0.2) is 48.5 Å². The number of aromatic nitrogens is 4. The molecule has 0 atom stereocenters. The monoisotopic (exact) mass is 672 g/mol. The van der Waals surface area contributed by atoms with Gasteiger partial charge in [0.2, 0.25) is 0 Å². The zero-order valence-electron chi connectivity index (χ0n) is 18.0. The van der Waals surface area contributed by atoms with E-state index in [2.05, 4.69) is 50.3 Å². The van der Waals surface area contributed by atoms with E-state index < -0.39 is 29.1 Å². The molecule has 0 radical (unpaired) electrons. The fourth-order valence-corrected chi connectivity index (χ4v) is 3.44. The molecule has 0 fully saturated rings. The van der Waals surface area contributed by atoms with Crippen molar-refractivity contribution in [3.05, 3.63) is 106 Å². The Hall–Kier alpha value is -3.84. The maximum Gasteiger partial charge on any atom is 0.0893 e. The first kappa shape index (κ1) is 25.3. The number of hydrogen-bond acceptors (Lipinski definition) is 2. The van der Waals surface area contributed by atoms with Crippen molar-refractivity contribution in [2.24, 2.45) is 0 Å². The van der Waals surface area contributed by atoms with E-state index in [1.54, 1.807) is 0 Å². The van der Waals surface area contributed by atoms with Gasteiger partial charge in [0.25, 0.3) is 0 Å². The van der Waals surface area contributed by atoms with Gasteiger partial charge in [-0.05, 0) is 72.8 Å². The minimum atomic E-state index is -2.17. The van der Waals surface area contributed by atoms with Crippen molar-refractivity contribution in [2.45, 2.75) is 0 Å². The van der Waals surface area contributed by atoms with Crippen LogP contribution in [0.5, 0.6) is 0 Å². The van der Waals surface area contributed by atoms with Crippen LogP contribution in [0.1, 0.15) is 22.8 Å². The molecular formula is C26H14F5N4Pt-. The second-order valence-corrected chi connectivity index (χ2v) is 7.60. The van der Waals surface area contributed by atoms with E-state index in [1.807, 2.05) is 42.5 Å². The SMILES string of the molecule is C1=Cc2cc3ccc(cc4ccc(cc5nc(cc1n2)C=C5)[nH]4)[nH]3.Fc1[c-]c(F)c(F)c(F)c1F.[Pt]. The summed E-state index contributed by atoms with van der Waals surface area (Å²) in [5.74, 6) is -10.0. The summed E-state index contributed by atoms with van der Waals surface area (Å²) in [6.45, 7) is 0. The van der Waals surface area contributed by atoms with Gasteiger partial charge in [0.05, 0.1) is 51.9 Å². The topological polar surface area (TPSA) is 57.4 Å². The zero-order chi connectivity index (χ0) is 24.5. The van der Waals surface area contributed by atoms with Crippen LogP contribution in [0.4, 0.5) is 22.0 Å². The third kappa shape index (κ3) is 5.52. The molecule has 3 aromatic heterocycles. The molecule has 0 amide bonds. The predicted molar refractivity (Wildman–Crippen MR) is 124 cm³/mol. The fraction of sp³-hybridized carbons (Fsp3) is 0. The minimum absolute atomic E-state index is 0. The third-order valence-electron chi connectivity index (χ3n) is 5.03. The number of halogens is 5. The molecule has 6 rings (SSSR count). The number of rotatable bonds is 0. The molecule has 2 N–H and O–H groups in total. The summed E-state index contributed by atoms with van der Waals surface area (Å²) in [4.78, 5) is 16.0. The number of nitrogens with one attached hydrogen (secondary N) is 2. The van der Waals surface area contributed by atoms with E-state index in [9.17, 15) is 22.0 Å². The van der Waals surface area contributed by atoms with Crippen molar-refractivity contribution in [3.63, 3.8) is 0 Å². The number of benzene rings is 1. The van der Waals surface area contributed by atoms with E-state index in [1.165, 1.54) is 0 Å². The van der Waals surface area contributed by atoms with Gasteiger partial charge in [-0.15, -0.1) is 6.07 Å². The second-order valence-electron chi connectivity index (χ2n) is 7.60. The zero-order valence-corrected chi connectivity index (χ0v) is 20.3. The first-order chi connectivity index (χ1) is 16.8. The number of H-pyrrole nitrogens is 2. The van der Waals surface area contributed by atoms with Gasteiger partial charge >= 0.3 is 0 Å². The van der Waals surface area contributed by atoms with Crippen molar-refractivity contribution < 1.29 is 43.0 Å². The van der Waals surface area contributed by atoms with E-state index in [0.29, 0.717) is 0 Å². The van der Waals surface area contributed by atoms with Crippen LogP contribution in [-0.4, -0.2) is 19.9 Å². The van der Waals surface area contributed by atoms with E-state index in [0.717, 1.165) is 50.9 Å². The Morgan fingerprint density at radius 3 is 1.28 bits per heavy atom. The molecule has 0 saturated heterocycles. The van der Waals surface area contributed by atoms with Crippen LogP contribution < -0.4 is 0 Å². The largest absolute Gasteiger partial charge is 0.355 e. The van der Waals surface area contributed by atoms with Gasteiger partial charge in [-0.1, -0.05) is 0 Å². The number of aromatic amines is 2. The van der Waals surface area contributed by atoms with Crippen molar-refractivity contribution in [1.29, 1.82) is 0 Å². The Labute approximate surface area is 215 Å². The van der Waals surface area contributed by atoms with Crippen LogP contribution in [0.25, 0.3) is 46.4 Å². The van der Waals surface area contributed by atoms with Crippen LogP contribution in [0.3, 0.4) is 0 Å². The normalized spacial score (nSPS) is 11.6. The second kappa shape index (κ2) is 10.4. The molecule has 4 aromatic rings. The Kier molecular flexibility index (Phi) is 7.31. The molecule has 1 aromatic carbocycles. The van der Waals surface area contributed by atoms with Gasteiger partial charge in [0, 0.05) is 43.1 Å². The van der Waals surface area contributed by atoms with E-state index in [-0.39, 0.29) is 21.1 Å². The van der Waals surface area contributed by atoms with Crippen LogP contribution in [0.2, 0.25) is 0 Å². The molecule has 2 aliphatic heterocycles. The number of nitrogens with zero attached hydrogens (tertiary/aromatic N) is 2. The van der Waals surface area contributed by atoms with Crippen molar-refractivity contribution in [3.8, 4) is 0 Å². The average molecular weight is 672 g/mol. The summed E-state index contributed by atoms with van der Waals surface area (Å²) in [7, 11) is 0. The minimum Gasteiger partial charge on any atom is -0.355 e. The third-order valence-corrected chi connectivity index (χ3v) is 5.03.